The summed E-state index contributed by atoms with van der Waals surface area (Å²) >= 11 is 0. The first-order valence-electron chi connectivity index (χ1n) is 8.21. The molecule has 0 unspecified atom stereocenters. The minimum atomic E-state index is -0.232. The lowest BCUT2D eigenvalue weighted by Gasteiger charge is -2.11. The summed E-state index contributed by atoms with van der Waals surface area (Å²) in [5.41, 5.74) is 0.960. The second-order valence-corrected chi connectivity index (χ2v) is 6.01. The molecular formula is C18H24FN5O. The van der Waals surface area contributed by atoms with Crippen molar-refractivity contribution in [1.29, 1.82) is 0 Å². The van der Waals surface area contributed by atoms with E-state index in [9.17, 15) is 9.18 Å². The van der Waals surface area contributed by atoms with E-state index in [4.69, 9.17) is 0 Å². The van der Waals surface area contributed by atoms with Crippen molar-refractivity contribution >= 4 is 11.7 Å². The molecule has 134 valence electrons. The van der Waals surface area contributed by atoms with Gasteiger partial charge in [-0.05, 0) is 39.1 Å². The maximum absolute atomic E-state index is 13.6. The van der Waals surface area contributed by atoms with Crippen molar-refractivity contribution < 1.29 is 9.18 Å². The van der Waals surface area contributed by atoms with Gasteiger partial charge in [0.1, 0.15) is 23.2 Å². The van der Waals surface area contributed by atoms with Crippen LogP contribution in [0, 0.1) is 12.7 Å². The number of hydrogen-bond acceptors (Lipinski definition) is 5. The van der Waals surface area contributed by atoms with Gasteiger partial charge in [-0.3, -0.25) is 4.79 Å². The Kier molecular flexibility index (Phi) is 6.82. The Morgan fingerprint density at radius 1 is 1.20 bits per heavy atom. The van der Waals surface area contributed by atoms with Crippen molar-refractivity contribution in [2.75, 3.05) is 39.0 Å². The fourth-order valence-electron chi connectivity index (χ4n) is 2.28. The highest BCUT2D eigenvalue weighted by atomic mass is 19.1. The quantitative estimate of drug-likeness (QED) is 0.764. The van der Waals surface area contributed by atoms with Gasteiger partial charge in [-0.2, -0.15) is 0 Å². The smallest absolute Gasteiger partial charge is 0.270 e. The van der Waals surface area contributed by atoms with E-state index in [0.29, 0.717) is 42.4 Å². The number of likely N-dealkylation sites (N-methyl/N-ethyl adjacent to an activating group) is 1. The fourth-order valence-corrected chi connectivity index (χ4v) is 2.28. The molecule has 0 bridgehead atoms. The first kappa shape index (κ1) is 18.8. The number of amides is 1. The predicted molar refractivity (Wildman–Crippen MR) is 96.2 cm³/mol. The molecule has 0 fully saturated rings. The van der Waals surface area contributed by atoms with Gasteiger partial charge in [0.25, 0.3) is 5.91 Å². The normalized spacial score (nSPS) is 10.8. The third-order valence-corrected chi connectivity index (χ3v) is 3.57. The summed E-state index contributed by atoms with van der Waals surface area (Å²) in [6, 6.07) is 8.29. The molecule has 25 heavy (non-hydrogen) atoms. The molecule has 2 N–H and O–H groups in total. The number of aromatic nitrogens is 2. The fraction of sp³-hybridized carbons (Fsp3) is 0.389. The standard InChI is InChI=1S/C18H24FN5O/c1-13-22-16(18(25)21-10-11-24(2)3)12-17(23-13)20-9-8-14-6-4-5-7-15(14)19/h4-7,12H,8-11H2,1-3H3,(H,21,25)(H,20,22,23). The van der Waals surface area contributed by atoms with E-state index in [-0.39, 0.29) is 11.7 Å². The van der Waals surface area contributed by atoms with Crippen LogP contribution in [-0.4, -0.2) is 54.5 Å². The number of nitrogens with zero attached hydrogens (tertiary/aromatic N) is 3. The van der Waals surface area contributed by atoms with Crippen LogP contribution in [0.3, 0.4) is 0 Å². The summed E-state index contributed by atoms with van der Waals surface area (Å²) in [7, 11) is 3.89. The van der Waals surface area contributed by atoms with E-state index >= 15 is 0 Å². The lowest BCUT2D eigenvalue weighted by atomic mass is 10.1. The van der Waals surface area contributed by atoms with Crippen LogP contribution in [0.2, 0.25) is 0 Å². The Balaban J connectivity index is 1.94. The van der Waals surface area contributed by atoms with Gasteiger partial charge < -0.3 is 15.5 Å². The number of hydrogen-bond donors (Lipinski definition) is 2. The van der Waals surface area contributed by atoms with Crippen molar-refractivity contribution in [1.82, 2.24) is 20.2 Å². The summed E-state index contributed by atoms with van der Waals surface area (Å²) in [5.74, 6) is 0.615. The number of anilines is 1. The molecular weight excluding hydrogens is 321 g/mol. The van der Waals surface area contributed by atoms with Gasteiger partial charge in [0.15, 0.2) is 0 Å². The summed E-state index contributed by atoms with van der Waals surface area (Å²) in [5, 5.41) is 5.95. The SMILES string of the molecule is Cc1nc(NCCc2ccccc2F)cc(C(=O)NCCN(C)C)n1. The van der Waals surface area contributed by atoms with E-state index in [1.807, 2.05) is 25.1 Å². The number of benzene rings is 1. The monoisotopic (exact) mass is 345 g/mol. The van der Waals surface area contributed by atoms with Crippen LogP contribution in [0.1, 0.15) is 21.9 Å². The molecule has 7 heteroatoms. The first-order valence-corrected chi connectivity index (χ1v) is 8.21. The molecule has 0 atom stereocenters. The summed E-state index contributed by atoms with van der Waals surface area (Å²) in [6.07, 6.45) is 0.528. The van der Waals surface area contributed by atoms with Gasteiger partial charge in [0.05, 0.1) is 0 Å². The third kappa shape index (κ3) is 6.11. The molecule has 2 rings (SSSR count). The Morgan fingerprint density at radius 3 is 2.68 bits per heavy atom. The van der Waals surface area contributed by atoms with Gasteiger partial charge in [0, 0.05) is 25.7 Å². The van der Waals surface area contributed by atoms with E-state index in [2.05, 4.69) is 20.6 Å². The molecule has 0 spiro atoms. The van der Waals surface area contributed by atoms with Crippen molar-refractivity contribution in [2.24, 2.45) is 0 Å². The van der Waals surface area contributed by atoms with Gasteiger partial charge in [-0.1, -0.05) is 18.2 Å². The van der Waals surface area contributed by atoms with Crippen LogP contribution >= 0.6 is 0 Å². The zero-order chi connectivity index (χ0) is 18.2. The number of aryl methyl sites for hydroxylation is 1. The second-order valence-electron chi connectivity index (χ2n) is 6.01. The van der Waals surface area contributed by atoms with Crippen LogP contribution in [0.5, 0.6) is 0 Å². The van der Waals surface area contributed by atoms with Crippen LogP contribution in [-0.2, 0) is 6.42 Å². The van der Waals surface area contributed by atoms with Gasteiger partial charge >= 0.3 is 0 Å². The van der Waals surface area contributed by atoms with E-state index in [1.165, 1.54) is 6.07 Å². The van der Waals surface area contributed by atoms with E-state index in [0.717, 1.165) is 6.54 Å². The molecule has 1 aromatic heterocycles. The average Bonchev–Trinajstić information content (AvgIpc) is 2.55. The van der Waals surface area contributed by atoms with Crippen molar-refractivity contribution in [3.63, 3.8) is 0 Å². The summed E-state index contributed by atoms with van der Waals surface area (Å²) in [4.78, 5) is 22.6. The largest absolute Gasteiger partial charge is 0.370 e. The molecule has 2 aromatic rings. The van der Waals surface area contributed by atoms with Crippen LogP contribution < -0.4 is 10.6 Å². The van der Waals surface area contributed by atoms with Crippen molar-refractivity contribution in [2.45, 2.75) is 13.3 Å². The Morgan fingerprint density at radius 2 is 1.96 bits per heavy atom. The topological polar surface area (TPSA) is 70.2 Å². The summed E-state index contributed by atoms with van der Waals surface area (Å²) in [6.45, 7) is 3.55. The van der Waals surface area contributed by atoms with Crippen LogP contribution in [0.25, 0.3) is 0 Å². The maximum Gasteiger partial charge on any atom is 0.270 e. The molecule has 0 saturated heterocycles. The van der Waals surface area contributed by atoms with Gasteiger partial charge in [0.2, 0.25) is 0 Å². The number of nitrogens with one attached hydrogen (secondary N) is 2. The van der Waals surface area contributed by atoms with Gasteiger partial charge in [-0.15, -0.1) is 0 Å². The summed E-state index contributed by atoms with van der Waals surface area (Å²) < 4.78 is 13.6. The highest BCUT2D eigenvalue weighted by Crippen LogP contribution is 2.10. The molecule has 0 aliphatic heterocycles. The molecule has 1 amide bonds. The van der Waals surface area contributed by atoms with E-state index < -0.39 is 0 Å². The predicted octanol–water partition coefficient (Wildman–Crippen LogP) is 1.87. The number of halogens is 1. The lowest BCUT2D eigenvalue weighted by molar-refractivity contribution is 0.0945. The Hall–Kier alpha value is -2.54. The number of rotatable bonds is 8. The molecule has 0 saturated carbocycles. The van der Waals surface area contributed by atoms with Crippen LogP contribution in [0.15, 0.2) is 30.3 Å². The zero-order valence-electron chi connectivity index (χ0n) is 14.8. The molecule has 6 nitrogen and oxygen atoms in total. The molecule has 0 aliphatic rings. The second kappa shape index (κ2) is 9.08. The maximum atomic E-state index is 13.6. The number of carbonyl (C=O) groups excluding carboxylic acids is 1. The van der Waals surface area contributed by atoms with Crippen molar-refractivity contribution in [3.05, 3.63) is 53.2 Å². The molecule has 0 radical (unpaired) electrons. The zero-order valence-corrected chi connectivity index (χ0v) is 14.8. The first-order chi connectivity index (χ1) is 12.0. The lowest BCUT2D eigenvalue weighted by Crippen LogP contribution is -2.32. The average molecular weight is 345 g/mol. The minimum absolute atomic E-state index is 0.218. The molecule has 1 heterocycles. The minimum Gasteiger partial charge on any atom is -0.370 e. The number of carbonyl (C=O) groups is 1. The van der Waals surface area contributed by atoms with Crippen LogP contribution in [0.4, 0.5) is 10.2 Å². The Bertz CT molecular complexity index is 720. The highest BCUT2D eigenvalue weighted by molar-refractivity contribution is 5.92. The molecule has 0 aliphatic carbocycles. The third-order valence-electron chi connectivity index (χ3n) is 3.57. The molecule has 1 aromatic carbocycles. The van der Waals surface area contributed by atoms with Crippen molar-refractivity contribution in [3.8, 4) is 0 Å². The Labute approximate surface area is 147 Å². The van der Waals surface area contributed by atoms with Gasteiger partial charge in [-0.25, -0.2) is 14.4 Å². The van der Waals surface area contributed by atoms with E-state index in [1.54, 1.807) is 25.1 Å². The highest BCUT2D eigenvalue weighted by Gasteiger charge is 2.10.